The van der Waals surface area contributed by atoms with Crippen molar-refractivity contribution in [1.82, 2.24) is 0 Å². The summed E-state index contributed by atoms with van der Waals surface area (Å²) in [7, 11) is 0. The van der Waals surface area contributed by atoms with E-state index in [1.807, 2.05) is 0 Å². The van der Waals surface area contributed by atoms with Crippen molar-refractivity contribution in [2.24, 2.45) is 0 Å². The zero-order valence-electron chi connectivity index (χ0n) is 10.8. The van der Waals surface area contributed by atoms with Crippen molar-refractivity contribution >= 4 is 0 Å². The maximum absolute atomic E-state index is 9.36. The van der Waals surface area contributed by atoms with Gasteiger partial charge in [0.1, 0.15) is 0 Å². The van der Waals surface area contributed by atoms with Crippen molar-refractivity contribution in [3.63, 3.8) is 0 Å². The average Bonchev–Trinajstić information content (AvgIpc) is 2.26. The van der Waals surface area contributed by atoms with Gasteiger partial charge in [0.25, 0.3) is 0 Å². The third-order valence-electron chi connectivity index (χ3n) is 3.11. The molecule has 0 saturated carbocycles. The molecule has 1 N–H and O–H groups in total. The van der Waals surface area contributed by atoms with Crippen molar-refractivity contribution in [1.29, 1.82) is 0 Å². The standard InChI is InChI=1S/C14H30O/c1-3-5-6-7-8-9-10-11-12-13-14(15)4-2/h14-15H,3-13H2,1-2H3/t14-/m1/s1. The predicted molar refractivity (Wildman–Crippen MR) is 68.1 cm³/mol. The highest BCUT2D eigenvalue weighted by molar-refractivity contribution is 4.53. The van der Waals surface area contributed by atoms with Crippen LogP contribution in [0.1, 0.15) is 84.5 Å². The molecule has 0 aromatic rings. The largest absolute Gasteiger partial charge is 0.393 e. The smallest absolute Gasteiger partial charge is 0.0537 e. The summed E-state index contributed by atoms with van der Waals surface area (Å²) in [5.41, 5.74) is 0. The van der Waals surface area contributed by atoms with Gasteiger partial charge in [0.05, 0.1) is 6.10 Å². The molecule has 0 bridgehead atoms. The predicted octanol–water partition coefficient (Wildman–Crippen LogP) is 4.68. The molecule has 0 rings (SSSR count). The Bertz CT molecular complexity index is 112. The minimum Gasteiger partial charge on any atom is -0.393 e. The van der Waals surface area contributed by atoms with Gasteiger partial charge in [-0.05, 0) is 12.8 Å². The molecule has 15 heavy (non-hydrogen) atoms. The third kappa shape index (κ3) is 11.9. The van der Waals surface area contributed by atoms with E-state index in [0.29, 0.717) is 0 Å². The van der Waals surface area contributed by atoms with Crippen LogP contribution in [0.15, 0.2) is 0 Å². The monoisotopic (exact) mass is 214 g/mol. The van der Waals surface area contributed by atoms with E-state index in [0.717, 1.165) is 12.8 Å². The van der Waals surface area contributed by atoms with Gasteiger partial charge >= 0.3 is 0 Å². The van der Waals surface area contributed by atoms with Crippen LogP contribution in [0.3, 0.4) is 0 Å². The first kappa shape index (κ1) is 15.0. The zero-order chi connectivity index (χ0) is 11.4. The Morgan fingerprint density at radius 3 is 1.67 bits per heavy atom. The summed E-state index contributed by atoms with van der Waals surface area (Å²) >= 11 is 0. The second-order valence-corrected chi connectivity index (χ2v) is 4.68. The van der Waals surface area contributed by atoms with Crippen LogP contribution in [-0.2, 0) is 0 Å². The molecule has 0 radical (unpaired) electrons. The Morgan fingerprint density at radius 2 is 1.20 bits per heavy atom. The molecule has 0 heterocycles. The van der Waals surface area contributed by atoms with E-state index in [-0.39, 0.29) is 6.10 Å². The molecule has 0 fully saturated rings. The van der Waals surface area contributed by atoms with E-state index >= 15 is 0 Å². The maximum atomic E-state index is 9.36. The quantitative estimate of drug-likeness (QED) is 0.495. The van der Waals surface area contributed by atoms with Crippen molar-refractivity contribution < 1.29 is 5.11 Å². The number of hydrogen-bond donors (Lipinski definition) is 1. The van der Waals surface area contributed by atoms with Gasteiger partial charge in [-0.25, -0.2) is 0 Å². The summed E-state index contributed by atoms with van der Waals surface area (Å²) in [6, 6.07) is 0. The summed E-state index contributed by atoms with van der Waals surface area (Å²) in [6.45, 7) is 4.32. The van der Waals surface area contributed by atoms with E-state index in [4.69, 9.17) is 0 Å². The van der Waals surface area contributed by atoms with Gasteiger partial charge < -0.3 is 5.11 Å². The van der Waals surface area contributed by atoms with E-state index in [2.05, 4.69) is 13.8 Å². The first-order valence-electron chi connectivity index (χ1n) is 6.99. The summed E-state index contributed by atoms with van der Waals surface area (Å²) in [5.74, 6) is 0. The molecule has 0 aromatic heterocycles. The number of rotatable bonds is 11. The SMILES string of the molecule is CCCCCCCCCCC[C@H](O)CC. The van der Waals surface area contributed by atoms with E-state index in [1.165, 1.54) is 57.8 Å². The molecule has 0 unspecified atom stereocenters. The second-order valence-electron chi connectivity index (χ2n) is 4.68. The lowest BCUT2D eigenvalue weighted by atomic mass is 10.0. The highest BCUT2D eigenvalue weighted by Gasteiger charge is 1.99. The number of aliphatic hydroxyl groups excluding tert-OH is 1. The molecule has 0 aromatic carbocycles. The number of unbranched alkanes of at least 4 members (excludes halogenated alkanes) is 8. The van der Waals surface area contributed by atoms with Gasteiger partial charge in [-0.2, -0.15) is 0 Å². The minimum atomic E-state index is -0.0467. The Labute approximate surface area is 96.3 Å². The molecule has 0 amide bonds. The maximum Gasteiger partial charge on any atom is 0.0537 e. The summed E-state index contributed by atoms with van der Waals surface area (Å²) in [5, 5.41) is 9.36. The molecule has 92 valence electrons. The summed E-state index contributed by atoms with van der Waals surface area (Å²) in [6.07, 6.45) is 14.2. The van der Waals surface area contributed by atoms with Gasteiger partial charge in [0, 0.05) is 0 Å². The van der Waals surface area contributed by atoms with Gasteiger partial charge in [0.15, 0.2) is 0 Å². The van der Waals surface area contributed by atoms with E-state index in [9.17, 15) is 5.11 Å². The first-order chi connectivity index (χ1) is 7.31. The van der Waals surface area contributed by atoms with Crippen LogP contribution in [0, 0.1) is 0 Å². The molecule has 1 atom stereocenters. The van der Waals surface area contributed by atoms with Crippen LogP contribution >= 0.6 is 0 Å². The number of aliphatic hydroxyl groups is 1. The van der Waals surface area contributed by atoms with Gasteiger partial charge in [0.2, 0.25) is 0 Å². The first-order valence-corrected chi connectivity index (χ1v) is 6.99. The highest BCUT2D eigenvalue weighted by Crippen LogP contribution is 2.11. The highest BCUT2D eigenvalue weighted by atomic mass is 16.3. The Kier molecular flexibility index (Phi) is 12.0. The summed E-state index contributed by atoms with van der Waals surface area (Å²) in [4.78, 5) is 0. The van der Waals surface area contributed by atoms with E-state index in [1.54, 1.807) is 0 Å². The second kappa shape index (κ2) is 12.0. The normalized spacial score (nSPS) is 13.0. The van der Waals surface area contributed by atoms with Gasteiger partial charge in [-0.1, -0.05) is 71.6 Å². The fourth-order valence-electron chi connectivity index (χ4n) is 1.89. The topological polar surface area (TPSA) is 20.2 Å². The molecule has 0 aliphatic heterocycles. The molecular weight excluding hydrogens is 184 g/mol. The van der Waals surface area contributed by atoms with Crippen LogP contribution in [0.2, 0.25) is 0 Å². The Balaban J connectivity index is 2.92. The zero-order valence-corrected chi connectivity index (χ0v) is 10.8. The van der Waals surface area contributed by atoms with Crippen molar-refractivity contribution in [2.75, 3.05) is 0 Å². The molecule has 1 heteroatoms. The molecule has 0 aliphatic rings. The lowest BCUT2D eigenvalue weighted by Gasteiger charge is -2.06. The molecular formula is C14H30O. The fourth-order valence-corrected chi connectivity index (χ4v) is 1.89. The van der Waals surface area contributed by atoms with Crippen molar-refractivity contribution in [3.8, 4) is 0 Å². The van der Waals surface area contributed by atoms with Crippen LogP contribution in [0.5, 0.6) is 0 Å². The van der Waals surface area contributed by atoms with Crippen LogP contribution < -0.4 is 0 Å². The molecule has 1 nitrogen and oxygen atoms in total. The van der Waals surface area contributed by atoms with Crippen molar-refractivity contribution in [2.45, 2.75) is 90.6 Å². The van der Waals surface area contributed by atoms with Gasteiger partial charge in [-0.15, -0.1) is 0 Å². The summed E-state index contributed by atoms with van der Waals surface area (Å²) < 4.78 is 0. The lowest BCUT2D eigenvalue weighted by molar-refractivity contribution is 0.156. The van der Waals surface area contributed by atoms with Crippen LogP contribution in [0.25, 0.3) is 0 Å². The van der Waals surface area contributed by atoms with Crippen LogP contribution in [0.4, 0.5) is 0 Å². The van der Waals surface area contributed by atoms with Crippen molar-refractivity contribution in [3.05, 3.63) is 0 Å². The minimum absolute atomic E-state index is 0.0467. The van der Waals surface area contributed by atoms with Crippen LogP contribution in [-0.4, -0.2) is 11.2 Å². The van der Waals surface area contributed by atoms with Gasteiger partial charge in [-0.3, -0.25) is 0 Å². The average molecular weight is 214 g/mol. The Hall–Kier alpha value is -0.0400. The molecule has 0 aliphatic carbocycles. The number of hydrogen-bond acceptors (Lipinski definition) is 1. The van der Waals surface area contributed by atoms with E-state index < -0.39 is 0 Å². The lowest BCUT2D eigenvalue weighted by Crippen LogP contribution is -2.03. The molecule has 0 saturated heterocycles. The molecule has 0 spiro atoms. The third-order valence-corrected chi connectivity index (χ3v) is 3.11. The Morgan fingerprint density at radius 1 is 0.733 bits per heavy atom. The fraction of sp³-hybridized carbons (Fsp3) is 1.00.